The Kier molecular flexibility index (Phi) is 3.94. The Balaban J connectivity index is 2.34. The quantitative estimate of drug-likeness (QED) is 0.705. The highest BCUT2D eigenvalue weighted by molar-refractivity contribution is 9.11. The summed E-state index contributed by atoms with van der Waals surface area (Å²) in [5.41, 5.74) is 0. The predicted octanol–water partition coefficient (Wildman–Crippen LogP) is 1.96. The molecule has 0 saturated carbocycles. The first-order chi connectivity index (χ1) is 5.33. The smallest absolute Gasteiger partial charge is 0.0642 e. The largest absolute Gasteiger partial charge is 0.378 e. The van der Waals surface area contributed by atoms with Gasteiger partial charge in [-0.15, -0.1) is 0 Å². The van der Waals surface area contributed by atoms with E-state index in [4.69, 9.17) is 4.74 Å². The maximum absolute atomic E-state index is 5.23. The summed E-state index contributed by atoms with van der Waals surface area (Å²) in [5, 5.41) is 0. The van der Waals surface area contributed by atoms with Gasteiger partial charge in [0.2, 0.25) is 0 Å². The molecule has 0 aromatic carbocycles. The first-order valence-corrected chi connectivity index (χ1v) is 4.80. The third-order valence-corrected chi connectivity index (χ3v) is 2.47. The zero-order valence-electron chi connectivity index (χ0n) is 6.85. The molecule has 1 fully saturated rings. The maximum atomic E-state index is 5.23. The summed E-state index contributed by atoms with van der Waals surface area (Å²) < 4.78 is 6.49. The number of rotatable bonds is 2. The number of morpholine rings is 1. The van der Waals surface area contributed by atoms with Gasteiger partial charge in [0.1, 0.15) is 0 Å². The molecule has 0 amide bonds. The van der Waals surface area contributed by atoms with Crippen molar-refractivity contribution >= 4 is 15.9 Å². The molecule has 0 aromatic heterocycles. The Morgan fingerprint density at radius 3 is 2.73 bits per heavy atom. The lowest BCUT2D eigenvalue weighted by Gasteiger charge is -2.25. The molecule has 11 heavy (non-hydrogen) atoms. The molecule has 1 saturated heterocycles. The molecule has 3 heteroatoms. The Labute approximate surface area is 76.3 Å². The van der Waals surface area contributed by atoms with Gasteiger partial charge in [-0.3, -0.25) is 0 Å². The molecule has 0 spiro atoms. The van der Waals surface area contributed by atoms with Gasteiger partial charge in [-0.2, -0.15) is 0 Å². The van der Waals surface area contributed by atoms with Crippen molar-refractivity contribution in [2.24, 2.45) is 0 Å². The van der Waals surface area contributed by atoms with E-state index >= 15 is 0 Å². The molecule has 64 valence electrons. The van der Waals surface area contributed by atoms with Crippen LogP contribution in [-0.4, -0.2) is 31.2 Å². The van der Waals surface area contributed by atoms with Crippen LogP contribution < -0.4 is 0 Å². The average Bonchev–Trinajstić information content (AvgIpc) is 2.06. The molecule has 1 aliphatic rings. The minimum absolute atomic E-state index is 0.862. The molecule has 0 atom stereocenters. The number of ether oxygens (including phenoxy) is 1. The van der Waals surface area contributed by atoms with Gasteiger partial charge in [0.15, 0.2) is 0 Å². The summed E-state index contributed by atoms with van der Waals surface area (Å²) in [6.07, 6.45) is 3.24. The van der Waals surface area contributed by atoms with E-state index in [1.54, 1.807) is 0 Å². The third-order valence-electron chi connectivity index (χ3n) is 1.71. The summed E-state index contributed by atoms with van der Waals surface area (Å²) in [5.74, 6) is 0. The number of hydrogen-bond donors (Lipinski definition) is 0. The van der Waals surface area contributed by atoms with Gasteiger partial charge in [0.05, 0.1) is 13.2 Å². The molecule has 0 radical (unpaired) electrons. The predicted molar refractivity (Wildman–Crippen MR) is 49.7 cm³/mol. The Morgan fingerprint density at radius 1 is 1.55 bits per heavy atom. The first kappa shape index (κ1) is 9.07. The molecule has 0 bridgehead atoms. The van der Waals surface area contributed by atoms with Crippen molar-refractivity contribution in [1.82, 2.24) is 4.90 Å². The lowest BCUT2D eigenvalue weighted by atomic mass is 10.4. The fourth-order valence-corrected chi connectivity index (χ4v) is 1.29. The van der Waals surface area contributed by atoms with Crippen molar-refractivity contribution in [3.63, 3.8) is 0 Å². The van der Waals surface area contributed by atoms with E-state index in [9.17, 15) is 0 Å². The molecule has 1 rings (SSSR count). The fourth-order valence-electron chi connectivity index (χ4n) is 0.996. The summed E-state index contributed by atoms with van der Waals surface area (Å²) in [4.78, 5) is 2.29. The van der Waals surface area contributed by atoms with E-state index in [0.717, 1.165) is 32.7 Å². The monoisotopic (exact) mass is 219 g/mol. The van der Waals surface area contributed by atoms with Crippen LogP contribution in [0.2, 0.25) is 0 Å². The van der Waals surface area contributed by atoms with Gasteiger partial charge in [-0.25, -0.2) is 0 Å². The third kappa shape index (κ3) is 3.25. The number of hydrogen-bond acceptors (Lipinski definition) is 2. The summed E-state index contributed by atoms with van der Waals surface area (Å²) in [6, 6.07) is 0. The molecule has 0 aromatic rings. The maximum Gasteiger partial charge on any atom is 0.0642 e. The van der Waals surface area contributed by atoms with Crippen molar-refractivity contribution in [3.8, 4) is 0 Å². The second-order valence-corrected chi connectivity index (χ2v) is 3.60. The standard InChI is InChI=1S/C8H14BrNO/c1-2-8(9)7-10-3-5-11-6-4-10/h7H,2-6H2,1H3. The van der Waals surface area contributed by atoms with Crippen LogP contribution in [0.25, 0.3) is 0 Å². The van der Waals surface area contributed by atoms with Crippen LogP contribution in [0.15, 0.2) is 10.7 Å². The average molecular weight is 220 g/mol. The highest BCUT2D eigenvalue weighted by Gasteiger charge is 2.05. The minimum atomic E-state index is 0.862. The second-order valence-electron chi connectivity index (χ2n) is 2.58. The molecule has 0 aliphatic carbocycles. The SMILES string of the molecule is CCC(Br)=CN1CCOCC1. The van der Waals surface area contributed by atoms with E-state index in [1.807, 2.05) is 0 Å². The van der Waals surface area contributed by atoms with Crippen molar-refractivity contribution < 1.29 is 4.74 Å². The highest BCUT2D eigenvalue weighted by Crippen LogP contribution is 2.11. The van der Waals surface area contributed by atoms with Gasteiger partial charge in [-0.1, -0.05) is 22.9 Å². The van der Waals surface area contributed by atoms with Crippen molar-refractivity contribution in [2.75, 3.05) is 26.3 Å². The number of halogens is 1. The van der Waals surface area contributed by atoms with E-state index in [2.05, 4.69) is 34.0 Å². The molecule has 0 N–H and O–H groups in total. The first-order valence-electron chi connectivity index (χ1n) is 4.01. The second kappa shape index (κ2) is 4.78. The van der Waals surface area contributed by atoms with Crippen LogP contribution in [0, 0.1) is 0 Å². The normalized spacial score (nSPS) is 20.5. The molecule has 0 unspecified atom stereocenters. The van der Waals surface area contributed by atoms with Gasteiger partial charge in [0.25, 0.3) is 0 Å². The lowest BCUT2D eigenvalue weighted by Crippen LogP contribution is -2.32. The van der Waals surface area contributed by atoms with Crippen LogP contribution in [-0.2, 0) is 4.74 Å². The van der Waals surface area contributed by atoms with Crippen LogP contribution in [0.3, 0.4) is 0 Å². The van der Waals surface area contributed by atoms with Crippen molar-refractivity contribution in [2.45, 2.75) is 13.3 Å². The van der Waals surface area contributed by atoms with Gasteiger partial charge in [-0.05, 0) is 6.42 Å². The van der Waals surface area contributed by atoms with Crippen LogP contribution in [0.4, 0.5) is 0 Å². The minimum Gasteiger partial charge on any atom is -0.378 e. The Bertz CT molecular complexity index is 141. The molecule has 1 aliphatic heterocycles. The number of nitrogens with zero attached hydrogens (tertiary/aromatic N) is 1. The van der Waals surface area contributed by atoms with Gasteiger partial charge < -0.3 is 9.64 Å². The molecule has 2 nitrogen and oxygen atoms in total. The summed E-state index contributed by atoms with van der Waals surface area (Å²) in [6.45, 7) is 5.91. The zero-order valence-corrected chi connectivity index (χ0v) is 8.43. The van der Waals surface area contributed by atoms with E-state index < -0.39 is 0 Å². The molecular weight excluding hydrogens is 206 g/mol. The van der Waals surface area contributed by atoms with E-state index in [-0.39, 0.29) is 0 Å². The summed E-state index contributed by atoms with van der Waals surface area (Å²) >= 11 is 3.49. The number of allylic oxidation sites excluding steroid dienone is 1. The van der Waals surface area contributed by atoms with Crippen LogP contribution in [0.1, 0.15) is 13.3 Å². The molecule has 1 heterocycles. The Morgan fingerprint density at radius 2 is 2.18 bits per heavy atom. The van der Waals surface area contributed by atoms with Crippen molar-refractivity contribution in [3.05, 3.63) is 10.7 Å². The fraction of sp³-hybridized carbons (Fsp3) is 0.750. The van der Waals surface area contributed by atoms with E-state index in [1.165, 1.54) is 4.48 Å². The lowest BCUT2D eigenvalue weighted by molar-refractivity contribution is 0.0592. The Hall–Kier alpha value is -0.0200. The molecular formula is C8H14BrNO. The van der Waals surface area contributed by atoms with Crippen LogP contribution in [0.5, 0.6) is 0 Å². The van der Waals surface area contributed by atoms with E-state index in [0.29, 0.717) is 0 Å². The zero-order chi connectivity index (χ0) is 8.10. The van der Waals surface area contributed by atoms with Crippen molar-refractivity contribution in [1.29, 1.82) is 0 Å². The van der Waals surface area contributed by atoms with Crippen LogP contribution >= 0.6 is 15.9 Å². The highest BCUT2D eigenvalue weighted by atomic mass is 79.9. The summed E-state index contributed by atoms with van der Waals surface area (Å²) in [7, 11) is 0. The van der Waals surface area contributed by atoms with Gasteiger partial charge >= 0.3 is 0 Å². The van der Waals surface area contributed by atoms with Gasteiger partial charge in [0, 0.05) is 23.8 Å². The topological polar surface area (TPSA) is 12.5 Å².